The third-order valence-corrected chi connectivity index (χ3v) is 5.16. The largest absolute Gasteiger partial charge is 0.351 e. The molecule has 1 N–H and O–H groups in total. The van der Waals surface area contributed by atoms with Gasteiger partial charge in [0.1, 0.15) is 11.5 Å². The number of rotatable bonds is 3. The molecule has 1 aliphatic heterocycles. The van der Waals surface area contributed by atoms with Gasteiger partial charge in [0.2, 0.25) is 0 Å². The van der Waals surface area contributed by atoms with Crippen LogP contribution in [0.5, 0.6) is 0 Å². The molecule has 27 heavy (non-hydrogen) atoms. The van der Waals surface area contributed by atoms with E-state index < -0.39 is 0 Å². The fraction of sp³-hybridized carbons (Fsp3) is 0.190. The molecule has 0 spiro atoms. The number of anilines is 2. The first-order valence-corrected chi connectivity index (χ1v) is 9.19. The molecule has 0 fully saturated rings. The lowest BCUT2D eigenvalue weighted by molar-refractivity contribution is 0.102. The number of carbonyl (C=O) groups is 1. The normalized spacial score (nSPS) is 13.2. The highest BCUT2D eigenvalue weighted by Crippen LogP contribution is 2.23. The van der Waals surface area contributed by atoms with Crippen LogP contribution in [-0.2, 0) is 13.0 Å². The first-order chi connectivity index (χ1) is 13.1. The van der Waals surface area contributed by atoms with Gasteiger partial charge in [-0.15, -0.1) is 0 Å². The van der Waals surface area contributed by atoms with E-state index in [1.807, 2.05) is 19.1 Å². The fourth-order valence-electron chi connectivity index (χ4n) is 3.16. The smallest absolute Gasteiger partial charge is 0.275 e. The van der Waals surface area contributed by atoms with Crippen molar-refractivity contribution in [1.82, 2.24) is 9.97 Å². The Bertz CT molecular complexity index is 988. The Balaban J connectivity index is 1.46. The lowest BCUT2D eigenvalue weighted by Crippen LogP contribution is -2.31. The number of aromatic nitrogens is 2. The molecule has 1 aromatic heterocycles. The number of nitrogens with one attached hydrogen (secondary N) is 1. The van der Waals surface area contributed by atoms with Crippen molar-refractivity contribution in [3.05, 3.63) is 82.3 Å². The molecule has 0 atom stereocenters. The summed E-state index contributed by atoms with van der Waals surface area (Å²) in [5.74, 6) is 0.470. The summed E-state index contributed by atoms with van der Waals surface area (Å²) in [4.78, 5) is 23.3. The van der Waals surface area contributed by atoms with Crippen molar-refractivity contribution in [2.24, 2.45) is 0 Å². The van der Waals surface area contributed by atoms with Crippen LogP contribution < -0.4 is 10.2 Å². The summed E-state index contributed by atoms with van der Waals surface area (Å²) < 4.78 is 0. The summed E-state index contributed by atoms with van der Waals surface area (Å²) in [6.45, 7) is 3.61. The third-order valence-electron chi connectivity index (χ3n) is 4.76. The fourth-order valence-corrected chi connectivity index (χ4v) is 3.34. The van der Waals surface area contributed by atoms with Gasteiger partial charge in [0, 0.05) is 23.8 Å². The zero-order chi connectivity index (χ0) is 18.8. The van der Waals surface area contributed by atoms with E-state index in [1.165, 1.54) is 17.3 Å². The van der Waals surface area contributed by atoms with Gasteiger partial charge in [-0.1, -0.05) is 41.9 Å². The van der Waals surface area contributed by atoms with E-state index in [1.54, 1.807) is 12.3 Å². The lowest BCUT2D eigenvalue weighted by atomic mass is 10.0. The van der Waals surface area contributed by atoms with Crippen molar-refractivity contribution in [2.45, 2.75) is 19.9 Å². The zero-order valence-corrected chi connectivity index (χ0v) is 15.7. The Hall–Kier alpha value is -2.92. The minimum atomic E-state index is -0.307. The van der Waals surface area contributed by atoms with E-state index in [9.17, 15) is 4.79 Å². The molecular formula is C21H19ClN4O. The Labute approximate surface area is 163 Å². The summed E-state index contributed by atoms with van der Waals surface area (Å²) in [7, 11) is 0. The molecule has 0 saturated carbocycles. The molecular weight excluding hydrogens is 360 g/mol. The van der Waals surface area contributed by atoms with Crippen LogP contribution in [0.4, 0.5) is 11.5 Å². The maximum atomic E-state index is 12.4. The van der Waals surface area contributed by atoms with Gasteiger partial charge in [-0.2, -0.15) is 0 Å². The van der Waals surface area contributed by atoms with Crippen LogP contribution >= 0.6 is 11.6 Å². The van der Waals surface area contributed by atoms with Gasteiger partial charge in [0.15, 0.2) is 0 Å². The highest BCUT2D eigenvalue weighted by molar-refractivity contribution is 6.31. The van der Waals surface area contributed by atoms with E-state index in [0.29, 0.717) is 10.7 Å². The van der Waals surface area contributed by atoms with Crippen LogP contribution in [0.25, 0.3) is 0 Å². The Morgan fingerprint density at radius 2 is 1.93 bits per heavy atom. The first-order valence-electron chi connectivity index (χ1n) is 8.81. The minimum Gasteiger partial charge on any atom is -0.351 e. The number of hydrogen-bond donors (Lipinski definition) is 1. The summed E-state index contributed by atoms with van der Waals surface area (Å²) in [6.07, 6.45) is 4.15. The monoisotopic (exact) mass is 378 g/mol. The topological polar surface area (TPSA) is 58.1 Å². The minimum absolute atomic E-state index is 0.271. The van der Waals surface area contributed by atoms with Crippen LogP contribution in [0.15, 0.2) is 54.9 Å². The molecule has 0 saturated heterocycles. The van der Waals surface area contributed by atoms with E-state index in [0.717, 1.165) is 30.9 Å². The SMILES string of the molecule is Cc1ccc(NC(=O)c2cnc(N3CCc4ccccc4C3)cn2)cc1Cl. The molecule has 3 aromatic rings. The van der Waals surface area contributed by atoms with Crippen molar-refractivity contribution < 1.29 is 4.79 Å². The second kappa shape index (κ2) is 7.37. The number of carbonyl (C=O) groups excluding carboxylic acids is 1. The molecule has 0 bridgehead atoms. The van der Waals surface area contributed by atoms with Crippen LogP contribution in [-0.4, -0.2) is 22.4 Å². The van der Waals surface area contributed by atoms with Gasteiger partial charge < -0.3 is 10.2 Å². The zero-order valence-electron chi connectivity index (χ0n) is 14.9. The molecule has 2 aromatic carbocycles. The van der Waals surface area contributed by atoms with Gasteiger partial charge >= 0.3 is 0 Å². The molecule has 1 amide bonds. The summed E-state index contributed by atoms with van der Waals surface area (Å²) in [5, 5.41) is 3.41. The van der Waals surface area contributed by atoms with Gasteiger partial charge in [0.05, 0.1) is 12.4 Å². The Morgan fingerprint density at radius 1 is 1.11 bits per heavy atom. The Kier molecular flexibility index (Phi) is 4.77. The molecule has 0 unspecified atom stereocenters. The van der Waals surface area contributed by atoms with Gasteiger partial charge in [-0.05, 0) is 42.2 Å². The molecule has 136 valence electrons. The number of halogens is 1. The standard InChI is InChI=1S/C21H19ClN4O/c1-14-6-7-17(10-18(14)22)25-21(27)19-11-24-20(12-23-19)26-9-8-15-4-2-3-5-16(15)13-26/h2-7,10-12H,8-9,13H2,1H3,(H,25,27). The number of benzene rings is 2. The van der Waals surface area contributed by atoms with Crippen molar-refractivity contribution in [2.75, 3.05) is 16.8 Å². The second-order valence-electron chi connectivity index (χ2n) is 6.62. The van der Waals surface area contributed by atoms with Crippen LogP contribution in [0.2, 0.25) is 5.02 Å². The van der Waals surface area contributed by atoms with E-state index in [4.69, 9.17) is 11.6 Å². The first kappa shape index (κ1) is 17.5. The average molecular weight is 379 g/mol. The predicted octanol–water partition coefficient (Wildman–Crippen LogP) is 4.25. The maximum absolute atomic E-state index is 12.4. The summed E-state index contributed by atoms with van der Waals surface area (Å²) in [6, 6.07) is 13.8. The van der Waals surface area contributed by atoms with Crippen molar-refractivity contribution >= 4 is 29.0 Å². The quantitative estimate of drug-likeness (QED) is 0.740. The number of aryl methyl sites for hydroxylation is 1. The van der Waals surface area contributed by atoms with Gasteiger partial charge in [-0.3, -0.25) is 4.79 Å². The van der Waals surface area contributed by atoms with Gasteiger partial charge in [0.25, 0.3) is 5.91 Å². The predicted molar refractivity (Wildman–Crippen MR) is 107 cm³/mol. The molecule has 1 aliphatic rings. The van der Waals surface area contributed by atoms with E-state index >= 15 is 0 Å². The highest BCUT2D eigenvalue weighted by atomic mass is 35.5. The van der Waals surface area contributed by atoms with Gasteiger partial charge in [-0.25, -0.2) is 9.97 Å². The molecule has 5 nitrogen and oxygen atoms in total. The molecule has 6 heteroatoms. The summed E-state index contributed by atoms with van der Waals surface area (Å²) >= 11 is 6.10. The van der Waals surface area contributed by atoms with Crippen LogP contribution in [0.3, 0.4) is 0 Å². The third kappa shape index (κ3) is 3.78. The van der Waals surface area contributed by atoms with Crippen molar-refractivity contribution in [3.63, 3.8) is 0 Å². The van der Waals surface area contributed by atoms with E-state index in [2.05, 4.69) is 44.5 Å². The van der Waals surface area contributed by atoms with Crippen molar-refractivity contribution in [3.8, 4) is 0 Å². The van der Waals surface area contributed by atoms with Crippen LogP contribution in [0, 0.1) is 6.92 Å². The maximum Gasteiger partial charge on any atom is 0.275 e. The lowest BCUT2D eigenvalue weighted by Gasteiger charge is -2.29. The molecule has 0 aliphatic carbocycles. The molecule has 4 rings (SSSR count). The average Bonchev–Trinajstić information content (AvgIpc) is 2.70. The summed E-state index contributed by atoms with van der Waals surface area (Å²) in [5.41, 5.74) is 4.56. The molecule has 0 radical (unpaired) electrons. The Morgan fingerprint density at radius 3 is 2.67 bits per heavy atom. The van der Waals surface area contributed by atoms with Crippen molar-refractivity contribution in [1.29, 1.82) is 0 Å². The number of hydrogen-bond acceptors (Lipinski definition) is 4. The highest BCUT2D eigenvalue weighted by Gasteiger charge is 2.18. The number of amides is 1. The second-order valence-corrected chi connectivity index (χ2v) is 7.03. The number of fused-ring (bicyclic) bond motifs is 1. The molecule has 2 heterocycles. The van der Waals surface area contributed by atoms with E-state index in [-0.39, 0.29) is 11.6 Å². The van der Waals surface area contributed by atoms with Crippen LogP contribution in [0.1, 0.15) is 27.2 Å². The number of nitrogens with zero attached hydrogens (tertiary/aromatic N) is 3.